The van der Waals surface area contributed by atoms with Crippen molar-refractivity contribution in [1.82, 2.24) is 0 Å². The summed E-state index contributed by atoms with van der Waals surface area (Å²) in [5, 5.41) is 9.62. The van der Waals surface area contributed by atoms with E-state index in [2.05, 4.69) is 20.8 Å². The Morgan fingerprint density at radius 3 is 2.40 bits per heavy atom. The molecule has 3 N–H and O–H groups in total. The fraction of sp³-hybridized carbons (Fsp3) is 0.538. The Balaban J connectivity index is 2.98. The molecule has 1 unspecified atom stereocenters. The number of nitrogens with two attached hydrogens (primary N) is 1. The summed E-state index contributed by atoms with van der Waals surface area (Å²) < 4.78 is 0. The van der Waals surface area contributed by atoms with Crippen LogP contribution in [0.3, 0.4) is 0 Å². The second-order valence-corrected chi connectivity index (χ2v) is 5.42. The molecule has 84 valence electrons. The van der Waals surface area contributed by atoms with E-state index in [1.807, 2.05) is 19.1 Å². The average molecular weight is 207 g/mol. The Kier molecular flexibility index (Phi) is 3.40. The van der Waals surface area contributed by atoms with Crippen molar-refractivity contribution in [3.05, 3.63) is 29.3 Å². The molecule has 0 heterocycles. The maximum atomic E-state index is 9.62. The lowest BCUT2D eigenvalue weighted by atomic mass is 9.87. The highest BCUT2D eigenvalue weighted by molar-refractivity contribution is 5.38. The first kappa shape index (κ1) is 12.1. The number of aromatic hydroxyl groups is 1. The van der Waals surface area contributed by atoms with Crippen molar-refractivity contribution in [2.75, 3.05) is 0 Å². The van der Waals surface area contributed by atoms with Gasteiger partial charge in [0.05, 0.1) is 0 Å². The van der Waals surface area contributed by atoms with E-state index in [1.165, 1.54) is 5.56 Å². The summed E-state index contributed by atoms with van der Waals surface area (Å²) in [7, 11) is 0. The maximum absolute atomic E-state index is 9.62. The van der Waals surface area contributed by atoms with Gasteiger partial charge in [-0.1, -0.05) is 32.9 Å². The van der Waals surface area contributed by atoms with Gasteiger partial charge in [-0.25, -0.2) is 0 Å². The minimum atomic E-state index is -0.120. The lowest BCUT2D eigenvalue weighted by molar-refractivity contribution is 0.410. The summed E-state index contributed by atoms with van der Waals surface area (Å²) >= 11 is 0. The smallest absolute Gasteiger partial charge is 0.120 e. The summed E-state index contributed by atoms with van der Waals surface area (Å²) in [5.41, 5.74) is 8.10. The molecule has 0 aliphatic heterocycles. The molecule has 1 rings (SSSR count). The zero-order chi connectivity index (χ0) is 11.6. The van der Waals surface area contributed by atoms with E-state index in [9.17, 15) is 5.11 Å². The van der Waals surface area contributed by atoms with Crippen molar-refractivity contribution in [2.24, 2.45) is 11.1 Å². The maximum Gasteiger partial charge on any atom is 0.120 e. The van der Waals surface area contributed by atoms with E-state index >= 15 is 0 Å². The third-order valence-corrected chi connectivity index (χ3v) is 2.32. The van der Waals surface area contributed by atoms with E-state index in [1.54, 1.807) is 6.07 Å². The predicted molar refractivity (Wildman–Crippen MR) is 63.9 cm³/mol. The third kappa shape index (κ3) is 3.56. The van der Waals surface area contributed by atoms with Crippen molar-refractivity contribution >= 4 is 0 Å². The molecule has 2 nitrogen and oxygen atoms in total. The van der Waals surface area contributed by atoms with Crippen LogP contribution in [0.2, 0.25) is 0 Å². The van der Waals surface area contributed by atoms with Crippen LogP contribution in [0, 0.1) is 5.41 Å². The Hall–Kier alpha value is -1.02. The molecule has 0 amide bonds. The first-order chi connectivity index (χ1) is 6.79. The molecule has 15 heavy (non-hydrogen) atoms. The zero-order valence-corrected chi connectivity index (χ0v) is 10.0. The van der Waals surface area contributed by atoms with Crippen LogP contribution in [0.1, 0.15) is 44.9 Å². The second-order valence-electron chi connectivity index (χ2n) is 5.42. The first-order valence-electron chi connectivity index (χ1n) is 5.37. The Labute approximate surface area is 92.1 Å². The van der Waals surface area contributed by atoms with Crippen molar-refractivity contribution in [3.63, 3.8) is 0 Å². The van der Waals surface area contributed by atoms with Gasteiger partial charge in [-0.3, -0.25) is 0 Å². The van der Waals surface area contributed by atoms with Crippen molar-refractivity contribution in [1.29, 1.82) is 0 Å². The molecule has 0 spiro atoms. The van der Waals surface area contributed by atoms with Gasteiger partial charge in [-0.05, 0) is 30.4 Å². The fourth-order valence-electron chi connectivity index (χ4n) is 1.69. The Bertz CT molecular complexity index is 337. The van der Waals surface area contributed by atoms with Crippen LogP contribution in [-0.4, -0.2) is 5.11 Å². The van der Waals surface area contributed by atoms with Crippen molar-refractivity contribution < 1.29 is 5.11 Å². The largest absolute Gasteiger partial charge is 0.508 e. The van der Waals surface area contributed by atoms with E-state index in [-0.39, 0.29) is 11.5 Å². The van der Waals surface area contributed by atoms with E-state index in [0.717, 1.165) is 12.0 Å². The topological polar surface area (TPSA) is 46.2 Å². The van der Waals surface area contributed by atoms with Gasteiger partial charge < -0.3 is 10.8 Å². The van der Waals surface area contributed by atoms with E-state index in [0.29, 0.717) is 5.75 Å². The molecule has 1 aromatic rings. The molecule has 0 aliphatic carbocycles. The van der Waals surface area contributed by atoms with Crippen LogP contribution >= 0.6 is 0 Å². The van der Waals surface area contributed by atoms with Gasteiger partial charge in [0.2, 0.25) is 0 Å². The number of phenolic OH excluding ortho intramolecular Hbond substituents is 1. The molecule has 0 saturated heterocycles. The summed E-state index contributed by atoms with van der Waals surface area (Å²) in [6.45, 7) is 8.48. The van der Waals surface area contributed by atoms with Crippen molar-refractivity contribution in [2.45, 2.75) is 40.2 Å². The number of hydrogen-bond donors (Lipinski definition) is 2. The van der Waals surface area contributed by atoms with Crippen LogP contribution in [0.5, 0.6) is 5.75 Å². The van der Waals surface area contributed by atoms with Crippen LogP contribution in [0.25, 0.3) is 0 Å². The van der Waals surface area contributed by atoms with Crippen LogP contribution < -0.4 is 5.73 Å². The third-order valence-electron chi connectivity index (χ3n) is 2.32. The molecule has 0 aliphatic rings. The molecule has 0 aromatic heterocycles. The number of hydrogen-bond acceptors (Lipinski definition) is 2. The van der Waals surface area contributed by atoms with Crippen molar-refractivity contribution in [3.8, 4) is 5.75 Å². The molecule has 1 atom stereocenters. The monoisotopic (exact) mass is 207 g/mol. The highest BCUT2D eigenvalue weighted by Gasteiger charge is 2.13. The van der Waals surface area contributed by atoms with Crippen LogP contribution in [0.4, 0.5) is 0 Å². The summed E-state index contributed by atoms with van der Waals surface area (Å²) in [4.78, 5) is 0. The van der Waals surface area contributed by atoms with Crippen LogP contribution in [0.15, 0.2) is 18.2 Å². The summed E-state index contributed by atoms with van der Waals surface area (Å²) in [6.07, 6.45) is 0.993. The highest BCUT2D eigenvalue weighted by Crippen LogP contribution is 2.27. The number of benzene rings is 1. The van der Waals surface area contributed by atoms with Gasteiger partial charge in [-0.2, -0.15) is 0 Å². The first-order valence-corrected chi connectivity index (χ1v) is 5.37. The fourth-order valence-corrected chi connectivity index (χ4v) is 1.69. The minimum Gasteiger partial charge on any atom is -0.508 e. The second kappa shape index (κ2) is 4.23. The van der Waals surface area contributed by atoms with Gasteiger partial charge in [0.15, 0.2) is 0 Å². The molecule has 0 saturated carbocycles. The number of phenols is 1. The summed E-state index contributed by atoms with van der Waals surface area (Å²) in [6, 6.07) is 5.59. The standard InChI is InChI=1S/C13H21NO/c1-9(14)11-7-10(5-6-12(11)15)8-13(2,3)4/h5-7,9,15H,8,14H2,1-4H3. The normalized spacial score (nSPS) is 13.9. The molecule has 0 bridgehead atoms. The van der Waals surface area contributed by atoms with E-state index in [4.69, 9.17) is 5.73 Å². The highest BCUT2D eigenvalue weighted by atomic mass is 16.3. The lowest BCUT2D eigenvalue weighted by Gasteiger charge is -2.19. The summed E-state index contributed by atoms with van der Waals surface area (Å²) in [5.74, 6) is 0.294. The van der Waals surface area contributed by atoms with E-state index < -0.39 is 0 Å². The van der Waals surface area contributed by atoms with Gasteiger partial charge in [0.1, 0.15) is 5.75 Å². The van der Waals surface area contributed by atoms with Gasteiger partial charge >= 0.3 is 0 Å². The van der Waals surface area contributed by atoms with Gasteiger partial charge in [-0.15, -0.1) is 0 Å². The predicted octanol–water partition coefficient (Wildman–Crippen LogP) is 3.00. The minimum absolute atomic E-state index is 0.120. The van der Waals surface area contributed by atoms with Crippen LogP contribution in [-0.2, 0) is 6.42 Å². The van der Waals surface area contributed by atoms with Gasteiger partial charge in [0.25, 0.3) is 0 Å². The molecular formula is C13H21NO. The molecular weight excluding hydrogens is 186 g/mol. The Morgan fingerprint density at radius 2 is 1.93 bits per heavy atom. The number of rotatable bonds is 2. The molecule has 2 heteroatoms. The van der Waals surface area contributed by atoms with Gasteiger partial charge in [0, 0.05) is 11.6 Å². The SMILES string of the molecule is CC(N)c1cc(CC(C)(C)C)ccc1O. The molecule has 1 aromatic carbocycles. The zero-order valence-electron chi connectivity index (χ0n) is 10.0. The lowest BCUT2D eigenvalue weighted by Crippen LogP contribution is -2.11. The average Bonchev–Trinajstić information content (AvgIpc) is 2.05. The molecule has 0 fully saturated rings. The quantitative estimate of drug-likeness (QED) is 0.783. The molecule has 0 radical (unpaired) electrons. The Morgan fingerprint density at radius 1 is 1.33 bits per heavy atom.